The van der Waals surface area contributed by atoms with Gasteiger partial charge >= 0.3 is 0 Å². The zero-order valence-corrected chi connectivity index (χ0v) is 29.6. The van der Waals surface area contributed by atoms with Crippen LogP contribution in [0.5, 0.6) is 0 Å². The number of nitrogens with zero attached hydrogens (tertiary/aromatic N) is 1. The summed E-state index contributed by atoms with van der Waals surface area (Å²) in [6.45, 7) is 3.04. The first kappa shape index (κ1) is 31.1. The highest BCUT2D eigenvalue weighted by molar-refractivity contribution is 6.07. The first-order chi connectivity index (χ1) is 26.2. The number of benzene rings is 8. The molecule has 2 aliphatic rings. The van der Waals surface area contributed by atoms with E-state index in [0.717, 1.165) is 12.2 Å². The molecule has 53 heavy (non-hydrogen) atoms. The molecule has 10 rings (SSSR count). The lowest BCUT2D eigenvalue weighted by molar-refractivity contribution is 0.767. The number of hydrogen-bond donors (Lipinski definition) is 1. The third-order valence-electron chi connectivity index (χ3n) is 11.1. The maximum absolute atomic E-state index is 3.88. The van der Waals surface area contributed by atoms with Crippen molar-refractivity contribution in [2.75, 3.05) is 11.4 Å². The monoisotopic (exact) mass is 678 g/mol. The highest BCUT2D eigenvalue weighted by Crippen LogP contribution is 2.43. The molecular weight excluding hydrogens is 641 g/mol. The molecule has 0 radical (unpaired) electrons. The molecule has 0 saturated carbocycles. The number of allylic oxidation sites excluding steroid dienone is 2. The molecule has 252 valence electrons. The Morgan fingerprint density at radius 3 is 2.11 bits per heavy atom. The molecule has 2 aliphatic heterocycles. The zero-order valence-electron chi connectivity index (χ0n) is 29.6. The average molecular weight is 679 g/mol. The van der Waals surface area contributed by atoms with Gasteiger partial charge in [0.2, 0.25) is 0 Å². The summed E-state index contributed by atoms with van der Waals surface area (Å²) in [6.07, 6.45) is 7.12. The van der Waals surface area contributed by atoms with Gasteiger partial charge in [-0.15, -0.1) is 0 Å². The van der Waals surface area contributed by atoms with Gasteiger partial charge in [0.15, 0.2) is 0 Å². The SMILES string of the molecule is C/C1=c2/cccc/c2=C/CN(c2ccc(C3=CC(c4ccccc4)NC(c4ccc5ccccc5c4)=C3)c3ccccc23)c2ccc3ccccc3c21. The number of fused-ring (bicyclic) bond motifs is 6. The van der Waals surface area contributed by atoms with Crippen molar-refractivity contribution >= 4 is 66.6 Å². The number of anilines is 2. The summed E-state index contributed by atoms with van der Waals surface area (Å²) in [4.78, 5) is 2.52. The van der Waals surface area contributed by atoms with E-state index in [1.807, 2.05) is 0 Å². The second-order valence-electron chi connectivity index (χ2n) is 14.2. The van der Waals surface area contributed by atoms with Crippen LogP contribution in [0.4, 0.5) is 11.4 Å². The normalized spacial score (nSPS) is 17.1. The average Bonchev–Trinajstić information content (AvgIpc) is 3.23. The highest BCUT2D eigenvalue weighted by Gasteiger charge is 2.23. The van der Waals surface area contributed by atoms with Gasteiger partial charge in [0.25, 0.3) is 0 Å². The van der Waals surface area contributed by atoms with Crippen molar-refractivity contribution in [2.24, 2.45) is 0 Å². The summed E-state index contributed by atoms with van der Waals surface area (Å²) in [5.41, 5.74) is 11.0. The summed E-state index contributed by atoms with van der Waals surface area (Å²) in [5, 5.41) is 14.0. The standard InChI is InChI=1S/C51H38N2/c1-34-42-19-9-7-15-37(42)29-30-53(50-27-25-36-14-8-10-20-44(36)51(34)50)49-28-26-43(45-21-11-12-22-46(45)49)41-32-47(38-16-3-2-4-17-38)52-48(33-41)40-24-23-35-13-5-6-18-39(35)31-40/h2-29,31-33,47,52H,30H2,1H3/b37-29-,42-34+. The Labute approximate surface area is 310 Å². The highest BCUT2D eigenvalue weighted by atomic mass is 15.1. The Balaban J connectivity index is 1.16. The van der Waals surface area contributed by atoms with Gasteiger partial charge in [0.05, 0.1) is 6.04 Å². The van der Waals surface area contributed by atoms with Gasteiger partial charge in [-0.25, -0.2) is 0 Å². The maximum atomic E-state index is 3.88. The summed E-state index contributed by atoms with van der Waals surface area (Å²) < 4.78 is 0. The van der Waals surface area contributed by atoms with E-state index in [1.165, 1.54) is 87.5 Å². The van der Waals surface area contributed by atoms with E-state index in [1.54, 1.807) is 0 Å². The van der Waals surface area contributed by atoms with Gasteiger partial charge in [-0.2, -0.15) is 0 Å². The molecule has 8 aromatic carbocycles. The van der Waals surface area contributed by atoms with Crippen LogP contribution in [0.2, 0.25) is 0 Å². The van der Waals surface area contributed by atoms with Crippen LogP contribution in [0.15, 0.2) is 182 Å². The quantitative estimate of drug-likeness (QED) is 0.199. The fourth-order valence-electron chi connectivity index (χ4n) is 8.48. The van der Waals surface area contributed by atoms with Crippen LogP contribution in [0.1, 0.15) is 35.2 Å². The fraction of sp³-hybridized carbons (Fsp3) is 0.0588. The largest absolute Gasteiger partial charge is 0.374 e. The first-order valence-corrected chi connectivity index (χ1v) is 18.5. The van der Waals surface area contributed by atoms with Crippen molar-refractivity contribution in [1.29, 1.82) is 0 Å². The van der Waals surface area contributed by atoms with Gasteiger partial charge in [-0.3, -0.25) is 0 Å². The minimum Gasteiger partial charge on any atom is -0.374 e. The Bertz CT molecular complexity index is 2910. The van der Waals surface area contributed by atoms with Crippen LogP contribution >= 0.6 is 0 Å². The molecule has 0 saturated heterocycles. The Morgan fingerprint density at radius 2 is 1.25 bits per heavy atom. The molecule has 1 N–H and O–H groups in total. The molecule has 1 atom stereocenters. The Hall–Kier alpha value is -6.64. The molecule has 0 spiro atoms. The third kappa shape index (κ3) is 5.43. The maximum Gasteiger partial charge on any atom is 0.0707 e. The molecule has 0 amide bonds. The predicted molar refractivity (Wildman–Crippen MR) is 225 cm³/mol. The molecule has 0 aliphatic carbocycles. The second-order valence-corrected chi connectivity index (χ2v) is 14.2. The molecule has 2 nitrogen and oxygen atoms in total. The van der Waals surface area contributed by atoms with E-state index in [2.05, 4.69) is 205 Å². The lowest BCUT2D eigenvalue weighted by atomic mass is 9.89. The summed E-state index contributed by atoms with van der Waals surface area (Å²) >= 11 is 0. The summed E-state index contributed by atoms with van der Waals surface area (Å²) in [5.74, 6) is 0. The van der Waals surface area contributed by atoms with Crippen molar-refractivity contribution in [3.05, 3.63) is 215 Å². The van der Waals surface area contributed by atoms with E-state index < -0.39 is 0 Å². The number of rotatable bonds is 4. The second kappa shape index (κ2) is 12.8. The van der Waals surface area contributed by atoms with Crippen LogP contribution in [0.25, 0.3) is 55.2 Å². The minimum absolute atomic E-state index is 0.0267. The third-order valence-corrected chi connectivity index (χ3v) is 11.1. The summed E-state index contributed by atoms with van der Waals surface area (Å²) in [7, 11) is 0. The van der Waals surface area contributed by atoms with Crippen LogP contribution in [-0.4, -0.2) is 6.54 Å². The molecule has 1 unspecified atom stereocenters. The minimum atomic E-state index is 0.0267. The molecule has 2 heteroatoms. The van der Waals surface area contributed by atoms with Gasteiger partial charge in [-0.05, 0) is 102 Å². The molecule has 8 aromatic rings. The fourth-order valence-corrected chi connectivity index (χ4v) is 8.48. The van der Waals surface area contributed by atoms with Crippen molar-refractivity contribution in [3.8, 4) is 0 Å². The lowest BCUT2D eigenvalue weighted by Crippen LogP contribution is -2.31. The van der Waals surface area contributed by atoms with Crippen molar-refractivity contribution in [1.82, 2.24) is 5.32 Å². The van der Waals surface area contributed by atoms with Crippen molar-refractivity contribution in [2.45, 2.75) is 13.0 Å². The van der Waals surface area contributed by atoms with Crippen molar-refractivity contribution in [3.63, 3.8) is 0 Å². The zero-order chi connectivity index (χ0) is 35.3. The van der Waals surface area contributed by atoms with E-state index in [0.29, 0.717) is 0 Å². The first-order valence-electron chi connectivity index (χ1n) is 18.5. The topological polar surface area (TPSA) is 15.3 Å². The molecule has 0 aromatic heterocycles. The van der Waals surface area contributed by atoms with Crippen LogP contribution in [0, 0.1) is 0 Å². The Kier molecular flexibility index (Phi) is 7.54. The van der Waals surface area contributed by atoms with Gasteiger partial charge in [0.1, 0.15) is 0 Å². The number of hydrogen-bond acceptors (Lipinski definition) is 2. The lowest BCUT2D eigenvalue weighted by Gasteiger charge is -2.31. The van der Waals surface area contributed by atoms with Crippen LogP contribution in [0.3, 0.4) is 0 Å². The van der Waals surface area contributed by atoms with Gasteiger partial charge in [0, 0.05) is 34.6 Å². The molecule has 0 fully saturated rings. The number of nitrogens with one attached hydrogen (secondary N) is 1. The van der Waals surface area contributed by atoms with Crippen LogP contribution in [-0.2, 0) is 0 Å². The van der Waals surface area contributed by atoms with E-state index in [9.17, 15) is 0 Å². The Morgan fingerprint density at radius 1 is 0.566 bits per heavy atom. The predicted octanol–water partition coefficient (Wildman–Crippen LogP) is 11.1. The molecule has 2 heterocycles. The smallest absolute Gasteiger partial charge is 0.0707 e. The van der Waals surface area contributed by atoms with Crippen molar-refractivity contribution < 1.29 is 0 Å². The molecular formula is C51H38N2. The van der Waals surface area contributed by atoms with Gasteiger partial charge in [-0.1, -0.05) is 158 Å². The number of dihydropyridines is 1. The summed E-state index contributed by atoms with van der Waals surface area (Å²) in [6, 6.07) is 62.0. The van der Waals surface area contributed by atoms with E-state index in [-0.39, 0.29) is 6.04 Å². The van der Waals surface area contributed by atoms with E-state index >= 15 is 0 Å². The van der Waals surface area contributed by atoms with Gasteiger partial charge < -0.3 is 10.2 Å². The molecule has 0 bridgehead atoms. The van der Waals surface area contributed by atoms with E-state index in [4.69, 9.17) is 0 Å². The van der Waals surface area contributed by atoms with Crippen LogP contribution < -0.4 is 20.7 Å².